The van der Waals surface area contributed by atoms with Gasteiger partial charge in [0, 0.05) is 11.4 Å². The molecule has 0 amide bonds. The van der Waals surface area contributed by atoms with Gasteiger partial charge in [0.25, 0.3) is 0 Å². The van der Waals surface area contributed by atoms with Crippen molar-refractivity contribution in [2.75, 3.05) is 5.33 Å². The van der Waals surface area contributed by atoms with Crippen LogP contribution < -0.4 is 0 Å². The fourth-order valence-electron chi connectivity index (χ4n) is 1.52. The highest BCUT2D eigenvalue weighted by Gasteiger charge is 2.18. The molecule has 0 spiro atoms. The Labute approximate surface area is 74.2 Å². The summed E-state index contributed by atoms with van der Waals surface area (Å²) in [6.07, 6.45) is 5.91. The van der Waals surface area contributed by atoms with Crippen molar-refractivity contribution in [3.05, 3.63) is 0 Å². The lowest BCUT2D eigenvalue weighted by Gasteiger charge is -2.26. The summed E-state index contributed by atoms with van der Waals surface area (Å²) in [6, 6.07) is 0. The van der Waals surface area contributed by atoms with Crippen molar-refractivity contribution in [2.45, 2.75) is 31.8 Å². The molecule has 3 heteroatoms. The minimum Gasteiger partial charge on any atom is -0.425 e. The second-order valence-electron chi connectivity index (χ2n) is 3.03. The summed E-state index contributed by atoms with van der Waals surface area (Å²) >= 11 is 3.52. The summed E-state index contributed by atoms with van der Waals surface area (Å²) in [5, 5.41) is 1.18. The minimum absolute atomic E-state index is 0.613. The Morgan fingerprint density at radius 3 is 2.30 bits per heavy atom. The molecule has 1 nitrogen and oxygen atoms in total. The Morgan fingerprint density at radius 2 is 1.90 bits per heavy atom. The largest absolute Gasteiger partial charge is 0.425 e. The van der Waals surface area contributed by atoms with E-state index >= 15 is 0 Å². The van der Waals surface area contributed by atoms with Crippen molar-refractivity contribution in [1.82, 2.24) is 0 Å². The third-order valence-electron chi connectivity index (χ3n) is 2.35. The highest BCUT2D eigenvalue weighted by molar-refractivity contribution is 9.09. The Hall–Kier alpha value is 0.657. The van der Waals surface area contributed by atoms with Crippen molar-refractivity contribution < 1.29 is 4.43 Å². The number of hydrogen-bond acceptors (Lipinski definition) is 1. The Morgan fingerprint density at radius 1 is 1.30 bits per heavy atom. The van der Waals surface area contributed by atoms with Crippen LogP contribution in [0.3, 0.4) is 0 Å². The molecule has 0 aromatic rings. The van der Waals surface area contributed by atoms with Crippen molar-refractivity contribution >= 4 is 26.4 Å². The number of alkyl halides is 1. The van der Waals surface area contributed by atoms with E-state index in [0.717, 1.165) is 16.4 Å². The second kappa shape index (κ2) is 4.52. The van der Waals surface area contributed by atoms with Crippen LogP contribution in [-0.4, -0.2) is 21.9 Å². The van der Waals surface area contributed by atoms with Crippen LogP contribution in [0.25, 0.3) is 0 Å². The van der Waals surface area contributed by atoms with E-state index in [1.165, 1.54) is 31.0 Å². The predicted octanol–water partition coefficient (Wildman–Crippen LogP) is 1.24. The van der Waals surface area contributed by atoms with Gasteiger partial charge in [-0.1, -0.05) is 15.9 Å². The summed E-state index contributed by atoms with van der Waals surface area (Å²) in [6.45, 7) is 0. The third-order valence-corrected chi connectivity index (χ3v) is 3.93. The Bertz CT molecular complexity index is 79.6. The molecule has 0 heterocycles. The van der Waals surface area contributed by atoms with Crippen LogP contribution in [0, 0.1) is 5.92 Å². The van der Waals surface area contributed by atoms with Gasteiger partial charge < -0.3 is 4.43 Å². The number of hydrogen-bond donors (Lipinski definition) is 0. The van der Waals surface area contributed by atoms with E-state index in [2.05, 4.69) is 15.9 Å². The lowest BCUT2D eigenvalue weighted by molar-refractivity contribution is 0.149. The molecular weight excluding hydrogens is 208 g/mol. The quantitative estimate of drug-likeness (QED) is 0.505. The smallest absolute Gasteiger partial charge is 0.146 e. The van der Waals surface area contributed by atoms with Crippen LogP contribution in [0.5, 0.6) is 0 Å². The molecule has 0 unspecified atom stereocenters. The maximum Gasteiger partial charge on any atom is 0.146 e. The molecule has 1 aliphatic rings. The van der Waals surface area contributed by atoms with Crippen molar-refractivity contribution in [2.24, 2.45) is 5.92 Å². The molecule has 1 aliphatic carbocycles. The van der Waals surface area contributed by atoms with E-state index in [1.807, 2.05) is 0 Å². The average Bonchev–Trinajstić information content (AvgIpc) is 2.05. The van der Waals surface area contributed by atoms with Crippen LogP contribution in [0.1, 0.15) is 25.7 Å². The summed E-state index contributed by atoms with van der Waals surface area (Å²) in [4.78, 5) is 0. The van der Waals surface area contributed by atoms with Gasteiger partial charge in [-0.2, -0.15) is 0 Å². The zero-order valence-corrected chi connectivity index (χ0v) is 10.1. The first-order chi connectivity index (χ1) is 4.86. The van der Waals surface area contributed by atoms with E-state index in [0.29, 0.717) is 6.10 Å². The molecule has 0 aliphatic heterocycles. The molecule has 60 valence electrons. The van der Waals surface area contributed by atoms with E-state index in [4.69, 9.17) is 4.43 Å². The standard InChI is InChI=1S/C7H15BrOSi/c8-5-6-1-3-7(9-10)4-2-6/h6-7H,1-5H2,10H3. The molecule has 1 rings (SSSR count). The molecule has 0 bridgehead atoms. The van der Waals surface area contributed by atoms with Gasteiger partial charge in [0.15, 0.2) is 0 Å². The zero-order chi connectivity index (χ0) is 7.40. The predicted molar refractivity (Wildman–Crippen MR) is 50.6 cm³/mol. The lowest BCUT2D eigenvalue weighted by atomic mass is 9.89. The normalized spacial score (nSPS) is 34.5. The van der Waals surface area contributed by atoms with Gasteiger partial charge in [-0.25, -0.2) is 0 Å². The molecule has 1 saturated carbocycles. The van der Waals surface area contributed by atoms with Crippen LogP contribution >= 0.6 is 15.9 Å². The van der Waals surface area contributed by atoms with Gasteiger partial charge in [-0.3, -0.25) is 0 Å². The van der Waals surface area contributed by atoms with Crippen molar-refractivity contribution in [3.63, 3.8) is 0 Å². The van der Waals surface area contributed by atoms with Gasteiger partial charge in [-0.15, -0.1) is 0 Å². The maximum atomic E-state index is 5.41. The van der Waals surface area contributed by atoms with Gasteiger partial charge in [0.1, 0.15) is 10.5 Å². The highest BCUT2D eigenvalue weighted by atomic mass is 79.9. The molecule has 0 aromatic carbocycles. The molecular formula is C7H15BrOSi. The lowest BCUT2D eigenvalue weighted by Crippen LogP contribution is -2.21. The van der Waals surface area contributed by atoms with Gasteiger partial charge >= 0.3 is 0 Å². The van der Waals surface area contributed by atoms with Crippen molar-refractivity contribution in [1.29, 1.82) is 0 Å². The highest BCUT2D eigenvalue weighted by Crippen LogP contribution is 2.26. The molecule has 0 atom stereocenters. The monoisotopic (exact) mass is 222 g/mol. The number of rotatable bonds is 2. The summed E-state index contributed by atoms with van der Waals surface area (Å²) in [5.74, 6) is 0.924. The topological polar surface area (TPSA) is 9.23 Å². The SMILES string of the molecule is [SiH3]OC1CCC(CBr)CC1. The second-order valence-corrected chi connectivity index (χ2v) is 4.15. The van der Waals surface area contributed by atoms with E-state index in [-0.39, 0.29) is 0 Å². The Kier molecular flexibility index (Phi) is 3.95. The van der Waals surface area contributed by atoms with E-state index < -0.39 is 0 Å². The fourth-order valence-corrected chi connectivity index (χ4v) is 2.64. The Balaban J connectivity index is 2.17. The molecule has 10 heavy (non-hydrogen) atoms. The molecule has 0 N–H and O–H groups in total. The van der Waals surface area contributed by atoms with E-state index in [9.17, 15) is 0 Å². The maximum absolute atomic E-state index is 5.41. The molecule has 1 fully saturated rings. The third kappa shape index (κ3) is 2.36. The minimum atomic E-state index is 0.613. The first-order valence-corrected chi connectivity index (χ1v) is 5.89. The van der Waals surface area contributed by atoms with Crippen LogP contribution in [0.2, 0.25) is 0 Å². The van der Waals surface area contributed by atoms with Gasteiger partial charge in [-0.05, 0) is 31.6 Å². The summed E-state index contributed by atoms with van der Waals surface area (Å²) in [5.41, 5.74) is 0. The average molecular weight is 223 g/mol. The molecule has 0 radical (unpaired) electrons. The van der Waals surface area contributed by atoms with Crippen LogP contribution in [0.15, 0.2) is 0 Å². The fraction of sp³-hybridized carbons (Fsp3) is 1.00. The van der Waals surface area contributed by atoms with Gasteiger partial charge in [0.05, 0.1) is 0 Å². The van der Waals surface area contributed by atoms with Crippen molar-refractivity contribution in [3.8, 4) is 0 Å². The molecule has 0 aromatic heterocycles. The van der Waals surface area contributed by atoms with Crippen LogP contribution in [-0.2, 0) is 4.43 Å². The first-order valence-electron chi connectivity index (χ1n) is 3.95. The van der Waals surface area contributed by atoms with E-state index in [1.54, 1.807) is 0 Å². The summed E-state index contributed by atoms with van der Waals surface area (Å²) < 4.78 is 5.41. The zero-order valence-electron chi connectivity index (χ0n) is 6.48. The molecule has 0 saturated heterocycles. The summed E-state index contributed by atoms with van der Waals surface area (Å²) in [7, 11) is 0.913. The van der Waals surface area contributed by atoms with Gasteiger partial charge in [0.2, 0.25) is 0 Å². The van der Waals surface area contributed by atoms with Crippen LogP contribution in [0.4, 0.5) is 0 Å². The number of halogens is 1. The first kappa shape index (κ1) is 8.75.